The third-order valence-corrected chi connectivity index (χ3v) is 3.28. The van der Waals surface area contributed by atoms with Gasteiger partial charge >= 0.3 is 6.18 Å². The zero-order chi connectivity index (χ0) is 14.0. The molecular weight excluding hydrogens is 253 g/mol. The Morgan fingerprint density at radius 1 is 1.26 bits per heavy atom. The molecule has 0 aliphatic carbocycles. The fourth-order valence-corrected chi connectivity index (χ4v) is 2.26. The third kappa shape index (κ3) is 2.76. The lowest BCUT2D eigenvalue weighted by Crippen LogP contribution is -2.10. The predicted molar refractivity (Wildman–Crippen MR) is 70.2 cm³/mol. The van der Waals surface area contributed by atoms with Gasteiger partial charge in [0.25, 0.3) is 0 Å². The molecule has 104 valence electrons. The van der Waals surface area contributed by atoms with Crippen LogP contribution in [-0.4, -0.2) is 18.2 Å². The van der Waals surface area contributed by atoms with E-state index < -0.39 is 11.7 Å². The largest absolute Gasteiger partial charge is 0.416 e. The quantitative estimate of drug-likeness (QED) is 0.900. The molecule has 1 aromatic carbocycles. The van der Waals surface area contributed by atoms with Crippen LogP contribution in [0.15, 0.2) is 24.4 Å². The summed E-state index contributed by atoms with van der Waals surface area (Å²) in [5.74, 6) is 0. The normalized spacial score (nSPS) is 12.3. The van der Waals surface area contributed by atoms with Crippen molar-refractivity contribution in [2.45, 2.75) is 26.1 Å². The first-order valence-corrected chi connectivity index (χ1v) is 6.31. The Balaban J connectivity index is 2.52. The van der Waals surface area contributed by atoms with Crippen LogP contribution >= 0.6 is 0 Å². The number of benzene rings is 1. The maximum atomic E-state index is 12.7. The molecule has 1 aromatic heterocycles. The summed E-state index contributed by atoms with van der Waals surface area (Å²) in [7, 11) is 1.86. The molecular formula is C14H17F3N2. The molecule has 0 aliphatic rings. The molecule has 0 aliphatic heterocycles. The Labute approximate surface area is 110 Å². The first-order chi connectivity index (χ1) is 8.97. The number of alkyl halides is 3. The minimum atomic E-state index is -4.29. The van der Waals surface area contributed by atoms with Gasteiger partial charge in [-0.2, -0.15) is 13.2 Å². The van der Waals surface area contributed by atoms with Gasteiger partial charge in [-0.1, -0.05) is 6.07 Å². The summed E-state index contributed by atoms with van der Waals surface area (Å²) in [6.07, 6.45) is -1.53. The number of hydrogen-bond donors (Lipinski definition) is 1. The molecule has 0 spiro atoms. The Morgan fingerprint density at radius 3 is 2.58 bits per heavy atom. The van der Waals surface area contributed by atoms with Gasteiger partial charge in [-0.25, -0.2) is 0 Å². The minimum Gasteiger partial charge on any atom is -0.347 e. The number of fused-ring (bicyclic) bond motifs is 1. The molecule has 0 atom stereocenters. The summed E-state index contributed by atoms with van der Waals surface area (Å²) in [6, 6.07) is 3.97. The summed E-state index contributed by atoms with van der Waals surface area (Å²) >= 11 is 0. The average molecular weight is 270 g/mol. The van der Waals surface area contributed by atoms with Crippen molar-refractivity contribution in [2.75, 3.05) is 13.6 Å². The lowest BCUT2D eigenvalue weighted by molar-refractivity contribution is -0.137. The predicted octanol–water partition coefficient (Wildman–Crippen LogP) is 3.44. The molecule has 0 amide bonds. The lowest BCUT2D eigenvalue weighted by Gasteiger charge is -2.08. The van der Waals surface area contributed by atoms with Crippen LogP contribution in [0.2, 0.25) is 0 Å². The summed E-state index contributed by atoms with van der Waals surface area (Å²) < 4.78 is 40.1. The van der Waals surface area contributed by atoms with E-state index >= 15 is 0 Å². The Kier molecular flexibility index (Phi) is 3.85. The molecule has 0 fully saturated rings. The van der Waals surface area contributed by atoms with Crippen LogP contribution < -0.4 is 5.32 Å². The van der Waals surface area contributed by atoms with Gasteiger partial charge in [0.2, 0.25) is 0 Å². The van der Waals surface area contributed by atoms with Crippen LogP contribution in [-0.2, 0) is 19.1 Å². The fraction of sp³-hybridized carbons (Fsp3) is 0.429. The number of aryl methyl sites for hydroxylation is 1. The van der Waals surface area contributed by atoms with Crippen molar-refractivity contribution >= 4 is 10.9 Å². The second-order valence-corrected chi connectivity index (χ2v) is 4.52. The lowest BCUT2D eigenvalue weighted by atomic mass is 10.1. The molecule has 0 radical (unpaired) electrons. The van der Waals surface area contributed by atoms with Crippen molar-refractivity contribution in [1.29, 1.82) is 0 Å². The van der Waals surface area contributed by atoms with Gasteiger partial charge in [0.15, 0.2) is 0 Å². The Bertz CT molecular complexity index is 570. The first kappa shape index (κ1) is 13.9. The third-order valence-electron chi connectivity index (χ3n) is 3.28. The molecule has 0 bridgehead atoms. The van der Waals surface area contributed by atoms with E-state index in [-0.39, 0.29) is 0 Å². The van der Waals surface area contributed by atoms with E-state index in [0.717, 1.165) is 30.0 Å². The van der Waals surface area contributed by atoms with Crippen molar-refractivity contribution in [2.24, 2.45) is 0 Å². The zero-order valence-electron chi connectivity index (χ0n) is 11.0. The van der Waals surface area contributed by atoms with Crippen LogP contribution in [0.4, 0.5) is 13.2 Å². The molecule has 0 saturated carbocycles. The number of halogens is 3. The molecule has 19 heavy (non-hydrogen) atoms. The number of aromatic nitrogens is 1. The van der Waals surface area contributed by atoms with Crippen molar-refractivity contribution in [3.05, 3.63) is 35.5 Å². The SMILES string of the molecule is CCn1cc(CCNC)c2ccc(C(F)(F)F)cc21. The highest BCUT2D eigenvalue weighted by atomic mass is 19.4. The van der Waals surface area contributed by atoms with Crippen LogP contribution in [0.1, 0.15) is 18.1 Å². The number of nitrogens with zero attached hydrogens (tertiary/aromatic N) is 1. The number of likely N-dealkylation sites (N-methyl/N-ethyl adjacent to an activating group) is 1. The van der Waals surface area contributed by atoms with Crippen LogP contribution in [0, 0.1) is 0 Å². The van der Waals surface area contributed by atoms with Gasteiger partial charge in [0, 0.05) is 23.6 Å². The highest BCUT2D eigenvalue weighted by Crippen LogP contribution is 2.33. The second-order valence-electron chi connectivity index (χ2n) is 4.52. The van der Waals surface area contributed by atoms with Crippen molar-refractivity contribution in [1.82, 2.24) is 9.88 Å². The highest BCUT2D eigenvalue weighted by Gasteiger charge is 2.30. The molecule has 1 N–H and O–H groups in total. The van der Waals surface area contributed by atoms with Crippen molar-refractivity contribution in [3.63, 3.8) is 0 Å². The molecule has 0 saturated heterocycles. The monoisotopic (exact) mass is 270 g/mol. The smallest absolute Gasteiger partial charge is 0.347 e. The summed E-state index contributed by atoms with van der Waals surface area (Å²) in [6.45, 7) is 3.41. The first-order valence-electron chi connectivity index (χ1n) is 6.31. The average Bonchev–Trinajstić information content (AvgIpc) is 2.72. The van der Waals surface area contributed by atoms with Crippen molar-refractivity contribution < 1.29 is 13.2 Å². The molecule has 5 heteroatoms. The minimum absolute atomic E-state index is 0.590. The summed E-state index contributed by atoms with van der Waals surface area (Å²) in [5.41, 5.74) is 1.15. The van der Waals surface area contributed by atoms with E-state index in [1.54, 1.807) is 6.07 Å². The highest BCUT2D eigenvalue weighted by molar-refractivity contribution is 5.84. The maximum absolute atomic E-state index is 12.7. The molecule has 2 nitrogen and oxygen atoms in total. The number of nitrogens with one attached hydrogen (secondary N) is 1. The van der Waals surface area contributed by atoms with E-state index in [0.29, 0.717) is 12.1 Å². The molecule has 2 rings (SSSR count). The zero-order valence-corrected chi connectivity index (χ0v) is 11.0. The van der Waals surface area contributed by atoms with E-state index in [4.69, 9.17) is 0 Å². The Morgan fingerprint density at radius 2 is 2.00 bits per heavy atom. The van der Waals surface area contributed by atoms with Gasteiger partial charge in [-0.15, -0.1) is 0 Å². The van der Waals surface area contributed by atoms with Gasteiger partial charge in [-0.05, 0) is 44.6 Å². The van der Waals surface area contributed by atoms with Gasteiger partial charge < -0.3 is 9.88 Å². The van der Waals surface area contributed by atoms with Crippen molar-refractivity contribution in [3.8, 4) is 0 Å². The standard InChI is InChI=1S/C14H17F3N2/c1-3-19-9-10(6-7-18-2)12-5-4-11(8-13(12)19)14(15,16)17/h4-5,8-9,18H,3,6-7H2,1-2H3. The van der Waals surface area contributed by atoms with E-state index in [1.165, 1.54) is 6.07 Å². The summed E-state index contributed by atoms with van der Waals surface area (Å²) in [5, 5.41) is 3.96. The Hall–Kier alpha value is -1.49. The second kappa shape index (κ2) is 5.25. The fourth-order valence-electron chi connectivity index (χ4n) is 2.26. The van der Waals surface area contributed by atoms with E-state index in [2.05, 4.69) is 5.32 Å². The molecule has 0 unspecified atom stereocenters. The maximum Gasteiger partial charge on any atom is 0.416 e. The van der Waals surface area contributed by atoms with Gasteiger partial charge in [-0.3, -0.25) is 0 Å². The molecule has 1 heterocycles. The van der Waals surface area contributed by atoms with Gasteiger partial charge in [0.05, 0.1) is 5.56 Å². The topological polar surface area (TPSA) is 17.0 Å². The summed E-state index contributed by atoms with van der Waals surface area (Å²) in [4.78, 5) is 0. The van der Waals surface area contributed by atoms with E-state index in [1.807, 2.05) is 24.7 Å². The van der Waals surface area contributed by atoms with Gasteiger partial charge in [0.1, 0.15) is 0 Å². The number of hydrogen-bond acceptors (Lipinski definition) is 1. The van der Waals surface area contributed by atoms with Crippen LogP contribution in [0.3, 0.4) is 0 Å². The van der Waals surface area contributed by atoms with E-state index in [9.17, 15) is 13.2 Å². The van der Waals surface area contributed by atoms with Crippen LogP contribution in [0.25, 0.3) is 10.9 Å². The molecule has 2 aromatic rings. The number of rotatable bonds is 4. The van der Waals surface area contributed by atoms with Crippen LogP contribution in [0.5, 0.6) is 0 Å².